The van der Waals surface area contributed by atoms with Gasteiger partial charge in [-0.05, 0) is 74.5 Å². The Kier molecular flexibility index (Phi) is 6.60. The van der Waals surface area contributed by atoms with E-state index in [9.17, 15) is 4.79 Å². The van der Waals surface area contributed by atoms with Gasteiger partial charge in [-0.25, -0.2) is 5.48 Å². The highest BCUT2D eigenvalue weighted by atomic mass is 16.5. The van der Waals surface area contributed by atoms with E-state index in [1.54, 1.807) is 17.6 Å². The van der Waals surface area contributed by atoms with Gasteiger partial charge < -0.3 is 10.2 Å². The maximum absolute atomic E-state index is 11.4. The van der Waals surface area contributed by atoms with Crippen molar-refractivity contribution in [3.05, 3.63) is 71.3 Å². The summed E-state index contributed by atoms with van der Waals surface area (Å²) in [6, 6.07) is 19.0. The smallest absolute Gasteiger partial charge is 0.274 e. The highest BCUT2D eigenvalue weighted by Gasteiger charge is 2.38. The number of hydroxylamine groups is 1. The minimum absolute atomic E-state index is 0.464. The molecule has 1 aliphatic heterocycles. The summed E-state index contributed by atoms with van der Waals surface area (Å²) in [6.45, 7) is 4.55. The van der Waals surface area contributed by atoms with E-state index in [4.69, 9.17) is 5.21 Å². The molecule has 3 N–H and O–H groups in total. The van der Waals surface area contributed by atoms with E-state index in [0.717, 1.165) is 25.4 Å². The van der Waals surface area contributed by atoms with E-state index in [2.05, 4.69) is 40.5 Å². The predicted octanol–water partition coefficient (Wildman–Crippen LogP) is 3.21. The molecule has 0 bridgehead atoms. The van der Waals surface area contributed by atoms with Crippen LogP contribution in [0.15, 0.2) is 54.6 Å². The van der Waals surface area contributed by atoms with Crippen molar-refractivity contribution in [2.75, 3.05) is 26.2 Å². The van der Waals surface area contributed by atoms with Crippen LogP contribution in [0.4, 0.5) is 0 Å². The SMILES string of the molecule is O=C(NO)c1ccc(CCN2CCC(CNC3CC3c3ccccc3)CC2)cc1. The molecule has 0 aromatic heterocycles. The topological polar surface area (TPSA) is 64.6 Å². The van der Waals surface area contributed by atoms with Gasteiger partial charge in [-0.15, -0.1) is 0 Å². The third kappa shape index (κ3) is 5.44. The molecular weight excluding hydrogens is 362 g/mol. The number of nitrogens with zero attached hydrogens (tertiary/aromatic N) is 1. The number of benzene rings is 2. The van der Waals surface area contributed by atoms with E-state index in [1.807, 2.05) is 12.1 Å². The minimum atomic E-state index is -0.464. The summed E-state index contributed by atoms with van der Waals surface area (Å²) in [5.41, 5.74) is 4.85. The van der Waals surface area contributed by atoms with E-state index >= 15 is 0 Å². The van der Waals surface area contributed by atoms with E-state index in [1.165, 1.54) is 43.5 Å². The first-order valence-electron chi connectivity index (χ1n) is 10.8. The van der Waals surface area contributed by atoms with Crippen LogP contribution in [0.1, 0.15) is 46.7 Å². The molecule has 2 unspecified atom stereocenters. The van der Waals surface area contributed by atoms with Gasteiger partial charge in [0.2, 0.25) is 0 Å². The zero-order valence-electron chi connectivity index (χ0n) is 16.9. The van der Waals surface area contributed by atoms with Crippen molar-refractivity contribution in [3.8, 4) is 0 Å². The summed E-state index contributed by atoms with van der Waals surface area (Å²) in [4.78, 5) is 13.9. The van der Waals surface area contributed by atoms with Gasteiger partial charge in [0, 0.05) is 24.1 Å². The van der Waals surface area contributed by atoms with Crippen LogP contribution in [0.5, 0.6) is 0 Å². The Balaban J connectivity index is 1.13. The number of likely N-dealkylation sites (tertiary alicyclic amines) is 1. The molecule has 2 aliphatic rings. The first kappa shape index (κ1) is 20.1. The summed E-state index contributed by atoms with van der Waals surface area (Å²) in [6.07, 6.45) is 4.81. The fraction of sp³-hybridized carbons (Fsp3) is 0.458. The van der Waals surface area contributed by atoms with Crippen LogP contribution in [-0.4, -0.2) is 48.2 Å². The Labute approximate surface area is 173 Å². The summed E-state index contributed by atoms with van der Waals surface area (Å²) in [5.74, 6) is 1.04. The lowest BCUT2D eigenvalue weighted by Gasteiger charge is -2.32. The average Bonchev–Trinajstić information content (AvgIpc) is 3.57. The summed E-state index contributed by atoms with van der Waals surface area (Å²) in [7, 11) is 0. The molecule has 154 valence electrons. The Bertz CT molecular complexity index is 786. The Hall–Kier alpha value is -2.21. The van der Waals surface area contributed by atoms with Crippen molar-refractivity contribution in [1.29, 1.82) is 0 Å². The standard InChI is InChI=1S/C24H31N3O2/c28-24(26-29)21-8-6-18(7-9-21)10-13-27-14-11-19(12-15-27)17-25-23-16-22(23)20-4-2-1-3-5-20/h1-9,19,22-23,25,29H,10-17H2,(H,26,28). The fourth-order valence-electron chi connectivity index (χ4n) is 4.40. The molecule has 0 radical (unpaired) electrons. The normalized spacial score (nSPS) is 22.4. The Morgan fingerprint density at radius 1 is 1.03 bits per heavy atom. The molecule has 1 saturated carbocycles. The number of carbonyl (C=O) groups is 1. The number of rotatable bonds is 8. The zero-order chi connectivity index (χ0) is 20.1. The molecule has 2 aromatic rings. The van der Waals surface area contributed by atoms with Gasteiger partial charge in [-0.1, -0.05) is 42.5 Å². The first-order valence-corrected chi connectivity index (χ1v) is 10.8. The van der Waals surface area contributed by atoms with Crippen LogP contribution >= 0.6 is 0 Å². The highest BCUT2D eigenvalue weighted by Crippen LogP contribution is 2.40. The van der Waals surface area contributed by atoms with Gasteiger partial charge in [0.05, 0.1) is 0 Å². The molecule has 2 fully saturated rings. The Morgan fingerprint density at radius 2 is 1.76 bits per heavy atom. The quantitative estimate of drug-likeness (QED) is 0.476. The Morgan fingerprint density at radius 3 is 2.45 bits per heavy atom. The molecule has 1 saturated heterocycles. The molecule has 1 amide bonds. The van der Waals surface area contributed by atoms with Crippen LogP contribution in [0.3, 0.4) is 0 Å². The second kappa shape index (κ2) is 9.53. The molecule has 29 heavy (non-hydrogen) atoms. The number of hydrogen-bond acceptors (Lipinski definition) is 4. The van der Waals surface area contributed by atoms with Crippen molar-refractivity contribution in [3.63, 3.8) is 0 Å². The van der Waals surface area contributed by atoms with Crippen LogP contribution in [0, 0.1) is 5.92 Å². The molecule has 2 atom stereocenters. The number of amides is 1. The van der Waals surface area contributed by atoms with Gasteiger partial charge in [0.25, 0.3) is 5.91 Å². The van der Waals surface area contributed by atoms with Gasteiger partial charge in [-0.3, -0.25) is 10.0 Å². The fourth-order valence-corrected chi connectivity index (χ4v) is 4.40. The maximum Gasteiger partial charge on any atom is 0.274 e. The molecule has 5 nitrogen and oxygen atoms in total. The maximum atomic E-state index is 11.4. The van der Waals surface area contributed by atoms with Crippen molar-refractivity contribution < 1.29 is 10.0 Å². The van der Waals surface area contributed by atoms with Crippen LogP contribution in [0.25, 0.3) is 0 Å². The number of hydrogen-bond donors (Lipinski definition) is 3. The van der Waals surface area contributed by atoms with Crippen LogP contribution in [0.2, 0.25) is 0 Å². The molecule has 5 heteroatoms. The zero-order valence-corrected chi connectivity index (χ0v) is 16.9. The van der Waals surface area contributed by atoms with E-state index < -0.39 is 5.91 Å². The predicted molar refractivity (Wildman–Crippen MR) is 114 cm³/mol. The molecule has 1 heterocycles. The van der Waals surface area contributed by atoms with Crippen molar-refractivity contribution >= 4 is 5.91 Å². The molecule has 4 rings (SSSR count). The van der Waals surface area contributed by atoms with E-state index in [0.29, 0.717) is 17.5 Å². The monoisotopic (exact) mass is 393 g/mol. The average molecular weight is 394 g/mol. The van der Waals surface area contributed by atoms with Crippen molar-refractivity contribution in [2.45, 2.75) is 37.6 Å². The molecule has 1 aliphatic carbocycles. The second-order valence-corrected chi connectivity index (χ2v) is 8.44. The number of nitrogens with one attached hydrogen (secondary N) is 2. The lowest BCUT2D eigenvalue weighted by Crippen LogP contribution is -2.38. The van der Waals surface area contributed by atoms with Crippen LogP contribution < -0.4 is 10.8 Å². The van der Waals surface area contributed by atoms with Crippen molar-refractivity contribution in [2.24, 2.45) is 5.92 Å². The summed E-state index contributed by atoms with van der Waals surface area (Å²) < 4.78 is 0. The van der Waals surface area contributed by atoms with E-state index in [-0.39, 0.29) is 0 Å². The third-order valence-corrected chi connectivity index (χ3v) is 6.43. The summed E-state index contributed by atoms with van der Waals surface area (Å²) >= 11 is 0. The lowest BCUT2D eigenvalue weighted by atomic mass is 9.96. The summed E-state index contributed by atoms with van der Waals surface area (Å²) in [5, 5.41) is 12.5. The highest BCUT2D eigenvalue weighted by molar-refractivity contribution is 5.93. The van der Waals surface area contributed by atoms with Gasteiger partial charge >= 0.3 is 0 Å². The molecular formula is C24H31N3O2. The van der Waals surface area contributed by atoms with Crippen LogP contribution in [-0.2, 0) is 6.42 Å². The van der Waals surface area contributed by atoms with Gasteiger partial charge in [0.1, 0.15) is 0 Å². The molecule has 2 aromatic carbocycles. The lowest BCUT2D eigenvalue weighted by molar-refractivity contribution is 0.0706. The number of carbonyl (C=O) groups excluding carboxylic acids is 1. The molecule has 0 spiro atoms. The first-order chi connectivity index (χ1) is 14.2. The minimum Gasteiger partial charge on any atom is -0.313 e. The van der Waals surface area contributed by atoms with Crippen molar-refractivity contribution in [1.82, 2.24) is 15.7 Å². The third-order valence-electron chi connectivity index (χ3n) is 6.43. The van der Waals surface area contributed by atoms with Gasteiger partial charge in [0.15, 0.2) is 0 Å². The second-order valence-electron chi connectivity index (χ2n) is 8.44. The number of piperidine rings is 1. The van der Waals surface area contributed by atoms with Gasteiger partial charge in [-0.2, -0.15) is 0 Å². The largest absolute Gasteiger partial charge is 0.313 e.